The molecular formula is C14H16BrClN2O2S. The Morgan fingerprint density at radius 1 is 1.52 bits per heavy atom. The van der Waals surface area contributed by atoms with Crippen molar-refractivity contribution in [1.29, 1.82) is 5.41 Å². The highest BCUT2D eigenvalue weighted by atomic mass is 79.9. The second-order valence-electron chi connectivity index (χ2n) is 4.51. The zero-order valence-corrected chi connectivity index (χ0v) is 14.7. The molecule has 4 nitrogen and oxygen atoms in total. The van der Waals surface area contributed by atoms with E-state index in [2.05, 4.69) is 22.0 Å². The fraction of sp³-hybridized carbons (Fsp3) is 0.357. The summed E-state index contributed by atoms with van der Waals surface area (Å²) in [7, 11) is 0. The molecule has 2 aliphatic heterocycles. The van der Waals surface area contributed by atoms with Crippen LogP contribution in [-0.2, 0) is 4.74 Å². The number of hydrogen-bond donors (Lipinski definition) is 1. The summed E-state index contributed by atoms with van der Waals surface area (Å²) in [6.45, 7) is 3.78. The molecule has 1 aromatic carbocycles. The van der Waals surface area contributed by atoms with Crippen molar-refractivity contribution < 1.29 is 9.47 Å². The van der Waals surface area contributed by atoms with Gasteiger partial charge in [0.2, 0.25) is 0 Å². The van der Waals surface area contributed by atoms with Crippen molar-refractivity contribution in [3.8, 4) is 5.75 Å². The van der Waals surface area contributed by atoms with E-state index in [9.17, 15) is 0 Å². The molecule has 2 heterocycles. The van der Waals surface area contributed by atoms with E-state index in [1.54, 1.807) is 11.9 Å². The monoisotopic (exact) mass is 390 g/mol. The van der Waals surface area contributed by atoms with Crippen LogP contribution in [0.15, 0.2) is 27.6 Å². The number of rotatable bonds is 1. The van der Waals surface area contributed by atoms with Crippen LogP contribution in [0, 0.1) is 5.41 Å². The van der Waals surface area contributed by atoms with E-state index in [0.29, 0.717) is 19.8 Å². The van der Waals surface area contributed by atoms with E-state index < -0.39 is 0 Å². The minimum atomic E-state index is 0. The molecule has 7 heteroatoms. The molecular weight excluding hydrogens is 376 g/mol. The molecule has 0 saturated carbocycles. The van der Waals surface area contributed by atoms with Gasteiger partial charge in [0.25, 0.3) is 6.02 Å². The summed E-state index contributed by atoms with van der Waals surface area (Å²) >= 11 is 5.07. The second-order valence-corrected chi connectivity index (χ2v) is 6.54. The molecule has 0 aliphatic carbocycles. The second kappa shape index (κ2) is 6.94. The lowest BCUT2D eigenvalue weighted by Crippen LogP contribution is -2.24. The predicted molar refractivity (Wildman–Crippen MR) is 92.1 cm³/mol. The molecule has 1 N–H and O–H groups in total. The van der Waals surface area contributed by atoms with Crippen molar-refractivity contribution in [3.63, 3.8) is 0 Å². The van der Waals surface area contributed by atoms with Gasteiger partial charge in [-0.25, -0.2) is 0 Å². The number of nitrogens with one attached hydrogen (secondary N) is 1. The quantitative estimate of drug-likeness (QED) is 0.440. The van der Waals surface area contributed by atoms with Gasteiger partial charge in [-0.15, -0.1) is 12.4 Å². The molecule has 21 heavy (non-hydrogen) atoms. The van der Waals surface area contributed by atoms with Crippen molar-refractivity contribution in [1.82, 2.24) is 4.31 Å². The first-order valence-electron chi connectivity index (χ1n) is 6.50. The summed E-state index contributed by atoms with van der Waals surface area (Å²) in [6, 6.07) is 6.34. The molecule has 0 fully saturated rings. The van der Waals surface area contributed by atoms with Gasteiger partial charge in [0.15, 0.2) is 0 Å². The van der Waals surface area contributed by atoms with Crippen LogP contribution in [0.5, 0.6) is 5.75 Å². The summed E-state index contributed by atoms with van der Waals surface area (Å²) in [5.41, 5.74) is 2.37. The van der Waals surface area contributed by atoms with Crippen molar-refractivity contribution in [2.75, 3.05) is 19.8 Å². The zero-order valence-electron chi connectivity index (χ0n) is 11.5. The first-order valence-corrected chi connectivity index (χ1v) is 8.07. The van der Waals surface area contributed by atoms with E-state index in [1.807, 2.05) is 23.4 Å². The molecule has 3 rings (SSSR count). The highest BCUT2D eigenvalue weighted by Crippen LogP contribution is 2.45. The number of amidine groups is 1. The van der Waals surface area contributed by atoms with Crippen molar-refractivity contribution in [2.45, 2.75) is 13.3 Å². The lowest BCUT2D eigenvalue weighted by molar-refractivity contribution is 0.289. The van der Waals surface area contributed by atoms with Crippen LogP contribution >= 0.6 is 40.3 Å². The van der Waals surface area contributed by atoms with E-state index in [-0.39, 0.29) is 18.4 Å². The normalized spacial score (nSPS) is 16.4. The van der Waals surface area contributed by atoms with Crippen LogP contribution in [-0.4, -0.2) is 30.1 Å². The summed E-state index contributed by atoms with van der Waals surface area (Å²) in [6.07, 6.45) is 0.877. The van der Waals surface area contributed by atoms with E-state index in [0.717, 1.165) is 22.2 Å². The minimum Gasteiger partial charge on any atom is -0.493 e. The Balaban J connectivity index is 0.00000161. The average Bonchev–Trinajstić information content (AvgIpc) is 2.77. The van der Waals surface area contributed by atoms with Crippen molar-refractivity contribution in [2.24, 2.45) is 0 Å². The number of nitrogens with zero attached hydrogens (tertiary/aromatic N) is 1. The number of fused-ring (bicyclic) bond motifs is 2. The molecule has 0 atom stereocenters. The Morgan fingerprint density at radius 2 is 2.33 bits per heavy atom. The van der Waals surface area contributed by atoms with Gasteiger partial charge in [-0.2, -0.15) is 0 Å². The summed E-state index contributed by atoms with van der Waals surface area (Å²) in [5.74, 6) is 0.912. The molecule has 0 unspecified atom stereocenters. The minimum absolute atomic E-state index is 0. The van der Waals surface area contributed by atoms with Gasteiger partial charge in [0.1, 0.15) is 5.75 Å². The standard InChI is InChI=1S/C14H15BrN2O2S.ClH/c1-2-18-14(16)17-8-11-10-4-3-9(15)7-12(10)19-6-5-13(11)20-17;/h3-4,7,16H,2,5-6,8H2,1H3;1H. The van der Waals surface area contributed by atoms with Gasteiger partial charge in [0.05, 0.1) is 19.8 Å². The fourth-order valence-corrected chi connectivity index (χ4v) is 3.72. The summed E-state index contributed by atoms with van der Waals surface area (Å²) in [4.78, 5) is 1.27. The Labute approximate surface area is 143 Å². The molecule has 0 bridgehead atoms. The molecule has 0 amide bonds. The van der Waals surface area contributed by atoms with Crippen LogP contribution in [0.1, 0.15) is 18.9 Å². The average molecular weight is 392 g/mol. The smallest absolute Gasteiger partial charge is 0.295 e. The van der Waals surface area contributed by atoms with E-state index in [4.69, 9.17) is 14.9 Å². The highest BCUT2D eigenvalue weighted by Gasteiger charge is 2.30. The van der Waals surface area contributed by atoms with Crippen LogP contribution in [0.25, 0.3) is 5.57 Å². The Kier molecular flexibility index (Phi) is 5.46. The highest BCUT2D eigenvalue weighted by molar-refractivity contribution is 9.10. The van der Waals surface area contributed by atoms with E-state index >= 15 is 0 Å². The summed E-state index contributed by atoms with van der Waals surface area (Å²) in [5, 5.41) is 7.93. The number of benzene rings is 1. The van der Waals surface area contributed by atoms with E-state index in [1.165, 1.54) is 10.5 Å². The number of ether oxygens (including phenoxy) is 2. The molecule has 114 valence electrons. The lowest BCUT2D eigenvalue weighted by atomic mass is 10.0. The predicted octanol–water partition coefficient (Wildman–Crippen LogP) is 4.30. The lowest BCUT2D eigenvalue weighted by Gasteiger charge is -2.18. The van der Waals surface area contributed by atoms with Crippen molar-refractivity contribution >= 4 is 51.9 Å². The van der Waals surface area contributed by atoms with Crippen LogP contribution in [0.2, 0.25) is 0 Å². The first-order chi connectivity index (χ1) is 9.69. The SMILES string of the molecule is CCOC(=N)N1CC2=C(CCOc3cc(Br)ccc32)S1.Cl. The van der Waals surface area contributed by atoms with Gasteiger partial charge in [-0.1, -0.05) is 15.9 Å². The van der Waals surface area contributed by atoms with Crippen LogP contribution in [0.4, 0.5) is 0 Å². The molecule has 0 spiro atoms. The maximum absolute atomic E-state index is 7.93. The Bertz CT molecular complexity index is 594. The molecule has 0 aromatic heterocycles. The molecule has 0 saturated heterocycles. The number of halogens is 2. The van der Waals surface area contributed by atoms with Crippen molar-refractivity contribution in [3.05, 3.63) is 33.1 Å². The molecule has 2 aliphatic rings. The molecule has 1 aromatic rings. The third kappa shape index (κ3) is 3.33. The maximum atomic E-state index is 7.93. The van der Waals surface area contributed by atoms with Gasteiger partial charge >= 0.3 is 0 Å². The Hall–Kier alpha value is -0.850. The Morgan fingerprint density at radius 3 is 3.10 bits per heavy atom. The summed E-state index contributed by atoms with van der Waals surface area (Å²) < 4.78 is 14.0. The van der Waals surface area contributed by atoms with Gasteiger partial charge in [-0.05, 0) is 42.6 Å². The zero-order chi connectivity index (χ0) is 14.1. The molecule has 0 radical (unpaired) electrons. The topological polar surface area (TPSA) is 45.5 Å². The third-order valence-electron chi connectivity index (χ3n) is 3.22. The first kappa shape index (κ1) is 16.5. The van der Waals surface area contributed by atoms with Crippen LogP contribution < -0.4 is 4.74 Å². The number of hydrogen-bond acceptors (Lipinski definition) is 4. The van der Waals surface area contributed by atoms with Gasteiger partial charge in [0, 0.05) is 21.4 Å². The van der Waals surface area contributed by atoms with Gasteiger partial charge < -0.3 is 9.47 Å². The fourth-order valence-electron chi connectivity index (χ4n) is 2.32. The third-order valence-corrected chi connectivity index (χ3v) is 4.90. The van der Waals surface area contributed by atoms with Gasteiger partial charge in [-0.3, -0.25) is 9.71 Å². The largest absolute Gasteiger partial charge is 0.493 e. The maximum Gasteiger partial charge on any atom is 0.295 e. The van der Waals surface area contributed by atoms with Crippen LogP contribution in [0.3, 0.4) is 0 Å².